The van der Waals surface area contributed by atoms with E-state index in [1.807, 2.05) is 29.2 Å². The molecule has 37 heavy (non-hydrogen) atoms. The summed E-state index contributed by atoms with van der Waals surface area (Å²) in [5, 5.41) is 10.2. The molecule has 4 rings (SSSR count). The van der Waals surface area contributed by atoms with Crippen molar-refractivity contribution in [1.82, 2.24) is 20.9 Å². The van der Waals surface area contributed by atoms with E-state index < -0.39 is 6.09 Å². The predicted octanol–water partition coefficient (Wildman–Crippen LogP) is 4.73. The van der Waals surface area contributed by atoms with Gasteiger partial charge in [0, 0.05) is 43.2 Å². The Kier molecular flexibility index (Phi) is 10.8. The standard InChI is InChI=1S/C28H43ClN4O4/c1-36-28(35)31-14-16-37-26(21-9-5-11-23(29)17-21)22-10-6-15-33(19-22)27(34)32-25-18-30-13-12-24(25)20-7-3-2-4-8-20/h5,9,11,17,20,22,24-26,30H,2-4,6-8,10,12-16,18-19H2,1H3,(H,31,35)(H,32,34)/t22-,24?,25?,26+/m1/s1. The van der Waals surface area contributed by atoms with Gasteiger partial charge in [0.15, 0.2) is 0 Å². The van der Waals surface area contributed by atoms with Gasteiger partial charge in [0.1, 0.15) is 0 Å². The summed E-state index contributed by atoms with van der Waals surface area (Å²) < 4.78 is 10.9. The van der Waals surface area contributed by atoms with Gasteiger partial charge in [-0.05, 0) is 55.3 Å². The second-order valence-corrected chi connectivity index (χ2v) is 11.2. The van der Waals surface area contributed by atoms with Crippen LogP contribution in [-0.4, -0.2) is 69.5 Å². The van der Waals surface area contributed by atoms with Crippen molar-refractivity contribution in [2.75, 3.05) is 46.4 Å². The first-order valence-electron chi connectivity index (χ1n) is 14.0. The number of benzene rings is 1. The van der Waals surface area contributed by atoms with Crippen molar-refractivity contribution in [3.8, 4) is 0 Å². The van der Waals surface area contributed by atoms with Crippen LogP contribution >= 0.6 is 11.6 Å². The van der Waals surface area contributed by atoms with Gasteiger partial charge in [-0.25, -0.2) is 9.59 Å². The molecule has 0 radical (unpaired) electrons. The molecule has 206 valence electrons. The van der Waals surface area contributed by atoms with Crippen molar-refractivity contribution in [1.29, 1.82) is 0 Å². The summed E-state index contributed by atoms with van der Waals surface area (Å²) in [6.45, 7) is 3.96. The first-order valence-corrected chi connectivity index (χ1v) is 14.4. The van der Waals surface area contributed by atoms with Crippen molar-refractivity contribution in [2.24, 2.45) is 17.8 Å². The third-order valence-electron chi connectivity index (χ3n) is 8.30. The van der Waals surface area contributed by atoms with Gasteiger partial charge in [-0.15, -0.1) is 0 Å². The number of hydrogen-bond acceptors (Lipinski definition) is 5. The third-order valence-corrected chi connectivity index (χ3v) is 8.54. The van der Waals surface area contributed by atoms with Crippen LogP contribution < -0.4 is 16.0 Å². The molecule has 1 aliphatic carbocycles. The smallest absolute Gasteiger partial charge is 0.406 e. The number of urea groups is 1. The molecule has 9 heteroatoms. The second kappa shape index (κ2) is 14.2. The predicted molar refractivity (Wildman–Crippen MR) is 145 cm³/mol. The molecule has 3 N–H and O–H groups in total. The molecule has 0 aromatic heterocycles. The third kappa shape index (κ3) is 7.98. The van der Waals surface area contributed by atoms with Crippen LogP contribution in [0.2, 0.25) is 5.02 Å². The second-order valence-electron chi connectivity index (χ2n) is 10.7. The normalized spacial score (nSPS) is 25.8. The minimum Gasteiger partial charge on any atom is -0.453 e. The number of likely N-dealkylation sites (tertiary alicyclic amines) is 1. The molecule has 1 aromatic rings. The molecule has 1 aromatic carbocycles. The molecule has 1 saturated carbocycles. The van der Waals surface area contributed by atoms with Crippen LogP contribution in [0, 0.1) is 17.8 Å². The Labute approximate surface area is 226 Å². The monoisotopic (exact) mass is 534 g/mol. The molecule has 3 amide bonds. The average molecular weight is 535 g/mol. The molecule has 0 spiro atoms. The zero-order chi connectivity index (χ0) is 26.0. The number of nitrogens with one attached hydrogen (secondary N) is 3. The maximum Gasteiger partial charge on any atom is 0.406 e. The van der Waals surface area contributed by atoms with Crippen LogP contribution in [0.5, 0.6) is 0 Å². The fraction of sp³-hybridized carbons (Fsp3) is 0.714. The van der Waals surface area contributed by atoms with E-state index in [0.717, 1.165) is 50.4 Å². The first kappa shape index (κ1) is 28.0. The van der Waals surface area contributed by atoms with Crippen molar-refractivity contribution in [3.05, 3.63) is 34.9 Å². The van der Waals surface area contributed by atoms with Gasteiger partial charge < -0.3 is 30.3 Å². The van der Waals surface area contributed by atoms with E-state index in [9.17, 15) is 9.59 Å². The molecule has 2 heterocycles. The molecular weight excluding hydrogens is 492 g/mol. The molecular formula is C28H43ClN4O4. The lowest BCUT2D eigenvalue weighted by Gasteiger charge is -2.42. The minimum absolute atomic E-state index is 0.0383. The Balaban J connectivity index is 1.38. The number of ether oxygens (including phenoxy) is 2. The van der Waals surface area contributed by atoms with Crippen molar-refractivity contribution >= 4 is 23.7 Å². The molecule has 3 fully saturated rings. The highest BCUT2D eigenvalue weighted by atomic mass is 35.5. The quantitative estimate of drug-likeness (QED) is 0.419. The molecule has 3 aliphatic rings. The van der Waals surface area contributed by atoms with Gasteiger partial charge in [0.25, 0.3) is 0 Å². The van der Waals surface area contributed by atoms with E-state index in [1.54, 1.807) is 0 Å². The molecule has 2 saturated heterocycles. The number of hydrogen-bond donors (Lipinski definition) is 3. The highest BCUT2D eigenvalue weighted by molar-refractivity contribution is 6.30. The van der Waals surface area contributed by atoms with Crippen LogP contribution in [0.3, 0.4) is 0 Å². The van der Waals surface area contributed by atoms with E-state index in [4.69, 9.17) is 16.3 Å². The number of piperidine rings is 2. The van der Waals surface area contributed by atoms with Crippen molar-refractivity contribution in [3.63, 3.8) is 0 Å². The van der Waals surface area contributed by atoms with Crippen molar-refractivity contribution in [2.45, 2.75) is 63.5 Å². The number of rotatable bonds is 8. The van der Waals surface area contributed by atoms with Crippen LogP contribution in [0.4, 0.5) is 9.59 Å². The lowest BCUT2D eigenvalue weighted by atomic mass is 9.74. The SMILES string of the molecule is COC(=O)NCCO[C@@H](c1cccc(Cl)c1)[C@@H]1CCCN(C(=O)NC2CNCCC2C2CCCCC2)C1. The average Bonchev–Trinajstić information content (AvgIpc) is 2.93. The van der Waals surface area contributed by atoms with Gasteiger partial charge in [0.2, 0.25) is 0 Å². The van der Waals surface area contributed by atoms with Crippen molar-refractivity contribution < 1.29 is 19.1 Å². The van der Waals surface area contributed by atoms with E-state index in [-0.39, 0.29) is 24.1 Å². The number of methoxy groups -OCH3 is 1. The first-order chi connectivity index (χ1) is 18.0. The fourth-order valence-corrected chi connectivity index (χ4v) is 6.65. The minimum atomic E-state index is -0.479. The van der Waals surface area contributed by atoms with E-state index >= 15 is 0 Å². The number of carbonyl (C=O) groups is 2. The molecule has 2 unspecified atom stereocenters. The van der Waals surface area contributed by atoms with Crippen LogP contribution in [-0.2, 0) is 9.47 Å². The largest absolute Gasteiger partial charge is 0.453 e. The summed E-state index contributed by atoms with van der Waals surface area (Å²) in [4.78, 5) is 26.9. The Morgan fingerprint density at radius 1 is 1.16 bits per heavy atom. The van der Waals surface area contributed by atoms with Gasteiger partial charge in [-0.2, -0.15) is 0 Å². The lowest BCUT2D eigenvalue weighted by Crippen LogP contribution is -2.57. The topological polar surface area (TPSA) is 91.9 Å². The summed E-state index contributed by atoms with van der Waals surface area (Å²) in [5.74, 6) is 1.43. The van der Waals surface area contributed by atoms with Gasteiger partial charge in [-0.3, -0.25) is 0 Å². The Morgan fingerprint density at radius 3 is 2.78 bits per heavy atom. The van der Waals surface area contributed by atoms with Crippen LogP contribution in [0.15, 0.2) is 24.3 Å². The van der Waals surface area contributed by atoms with Gasteiger partial charge in [0.05, 0.1) is 19.8 Å². The number of amides is 3. The highest BCUT2D eigenvalue weighted by Gasteiger charge is 2.36. The Morgan fingerprint density at radius 2 is 2.00 bits per heavy atom. The van der Waals surface area contributed by atoms with Gasteiger partial charge in [-0.1, -0.05) is 55.8 Å². The highest BCUT2D eigenvalue weighted by Crippen LogP contribution is 2.36. The van der Waals surface area contributed by atoms with Gasteiger partial charge >= 0.3 is 12.1 Å². The number of carbonyl (C=O) groups excluding carboxylic acids is 2. The molecule has 0 bridgehead atoms. The number of nitrogens with zero attached hydrogens (tertiary/aromatic N) is 1. The summed E-state index contributed by atoms with van der Waals surface area (Å²) >= 11 is 6.31. The Bertz CT molecular complexity index is 881. The van der Waals surface area contributed by atoms with Crippen LogP contribution in [0.1, 0.15) is 63.0 Å². The molecule has 2 aliphatic heterocycles. The van der Waals surface area contributed by atoms with E-state index in [0.29, 0.717) is 30.6 Å². The van der Waals surface area contributed by atoms with E-state index in [2.05, 4.69) is 20.7 Å². The summed E-state index contributed by atoms with van der Waals surface area (Å²) in [6, 6.07) is 7.95. The summed E-state index contributed by atoms with van der Waals surface area (Å²) in [5.41, 5.74) is 0.992. The zero-order valence-corrected chi connectivity index (χ0v) is 22.8. The maximum absolute atomic E-state index is 13.5. The fourth-order valence-electron chi connectivity index (χ4n) is 6.45. The summed E-state index contributed by atoms with van der Waals surface area (Å²) in [6.07, 6.45) is 8.91. The number of halogens is 1. The molecule has 4 atom stereocenters. The van der Waals surface area contributed by atoms with E-state index in [1.165, 1.54) is 39.2 Å². The van der Waals surface area contributed by atoms with Crippen LogP contribution in [0.25, 0.3) is 0 Å². The number of alkyl carbamates (subject to hydrolysis) is 1. The zero-order valence-electron chi connectivity index (χ0n) is 22.1. The Hall–Kier alpha value is -2.03. The maximum atomic E-state index is 13.5. The molecule has 8 nitrogen and oxygen atoms in total. The summed E-state index contributed by atoms with van der Waals surface area (Å²) in [7, 11) is 1.34. The lowest BCUT2D eigenvalue weighted by molar-refractivity contribution is -0.00887.